The lowest BCUT2D eigenvalue weighted by Crippen LogP contribution is -2.07. The second-order valence-corrected chi connectivity index (χ2v) is 6.61. The number of rotatable bonds is 5. The number of ether oxygens (including phenoxy) is 2. The second-order valence-electron chi connectivity index (χ2n) is 5.86. The molecule has 0 spiro atoms. The van der Waals surface area contributed by atoms with Crippen molar-refractivity contribution in [2.75, 3.05) is 13.7 Å². The largest absolute Gasteiger partial charge is 0.493 e. The Morgan fingerprint density at radius 1 is 1.35 bits per heavy atom. The van der Waals surface area contributed by atoms with Gasteiger partial charge in [-0.2, -0.15) is 4.37 Å². The molecule has 6 nitrogen and oxygen atoms in total. The van der Waals surface area contributed by atoms with Gasteiger partial charge in [0.05, 0.1) is 13.2 Å². The molecule has 2 heterocycles. The van der Waals surface area contributed by atoms with Crippen molar-refractivity contribution in [3.05, 3.63) is 24.0 Å². The molecule has 1 saturated carbocycles. The van der Waals surface area contributed by atoms with Crippen molar-refractivity contribution >= 4 is 18.7 Å². The molecule has 120 valence electrons. The minimum atomic E-state index is -0.702. The summed E-state index contributed by atoms with van der Waals surface area (Å²) in [7, 11) is 0.940. The molecule has 23 heavy (non-hydrogen) atoms. The molecular weight excluding hydrogens is 315 g/mol. The Morgan fingerprint density at radius 3 is 2.91 bits per heavy atom. The summed E-state index contributed by atoms with van der Waals surface area (Å²) < 4.78 is 20.9. The Morgan fingerprint density at radius 2 is 2.22 bits per heavy atom. The first kappa shape index (κ1) is 14.9. The third kappa shape index (κ3) is 3.20. The number of aromatic nitrogens is 2. The van der Waals surface area contributed by atoms with Gasteiger partial charge in [-0.25, -0.2) is 4.98 Å². The highest BCUT2D eigenvalue weighted by molar-refractivity contribution is 7.09. The fourth-order valence-electron chi connectivity index (χ4n) is 2.57. The highest BCUT2D eigenvalue weighted by Crippen LogP contribution is 2.37. The molecule has 2 aliphatic rings. The highest BCUT2D eigenvalue weighted by atomic mass is 32.1. The predicted molar refractivity (Wildman–Crippen MR) is 87.0 cm³/mol. The van der Waals surface area contributed by atoms with Gasteiger partial charge in [0.1, 0.15) is 10.8 Å². The molecule has 2 aromatic rings. The van der Waals surface area contributed by atoms with E-state index < -0.39 is 7.12 Å². The van der Waals surface area contributed by atoms with Crippen LogP contribution in [0.5, 0.6) is 11.5 Å². The predicted octanol–water partition coefficient (Wildman–Crippen LogP) is 2.35. The quantitative estimate of drug-likeness (QED) is 0.848. The molecule has 0 amide bonds. The molecule has 0 bridgehead atoms. The molecule has 1 aliphatic carbocycles. The molecule has 0 unspecified atom stereocenters. The van der Waals surface area contributed by atoms with Crippen molar-refractivity contribution < 1.29 is 19.2 Å². The van der Waals surface area contributed by atoms with Gasteiger partial charge >= 0.3 is 7.12 Å². The van der Waals surface area contributed by atoms with Gasteiger partial charge in [0.2, 0.25) is 0 Å². The van der Waals surface area contributed by atoms with E-state index in [0.29, 0.717) is 19.0 Å². The summed E-state index contributed by atoms with van der Waals surface area (Å²) >= 11 is 1.35. The molecular formula is C15H17BN2O4S. The zero-order valence-corrected chi connectivity index (χ0v) is 13.6. The first-order chi connectivity index (χ1) is 11.2. The lowest BCUT2D eigenvalue weighted by Gasteiger charge is -2.10. The number of methoxy groups -OCH3 is 1. The summed E-state index contributed by atoms with van der Waals surface area (Å²) in [6.07, 6.45) is 3.05. The van der Waals surface area contributed by atoms with Crippen LogP contribution in [-0.4, -0.2) is 41.3 Å². The Bertz CT molecular complexity index is 707. The molecule has 2 fully saturated rings. The minimum absolute atomic E-state index is 0.0652. The molecule has 1 aliphatic heterocycles. The summed E-state index contributed by atoms with van der Waals surface area (Å²) in [6, 6.07) is 5.82. The van der Waals surface area contributed by atoms with E-state index in [1.807, 2.05) is 18.2 Å². The van der Waals surface area contributed by atoms with Crippen LogP contribution in [0.4, 0.5) is 0 Å². The Kier molecular flexibility index (Phi) is 3.96. The number of benzene rings is 1. The van der Waals surface area contributed by atoms with E-state index in [4.69, 9.17) is 14.1 Å². The van der Waals surface area contributed by atoms with Crippen molar-refractivity contribution in [1.82, 2.24) is 9.36 Å². The van der Waals surface area contributed by atoms with Gasteiger partial charge in [0, 0.05) is 18.1 Å². The summed E-state index contributed by atoms with van der Waals surface area (Å²) in [4.78, 5) is 4.61. The molecule has 1 N–H and O–H groups in total. The number of hydrogen-bond donors (Lipinski definition) is 1. The first-order valence-electron chi connectivity index (χ1n) is 7.71. The summed E-state index contributed by atoms with van der Waals surface area (Å²) in [6.45, 7) is 0.468. The lowest BCUT2D eigenvalue weighted by atomic mass is 9.82. The molecule has 1 atom stereocenters. The lowest BCUT2D eigenvalue weighted by molar-refractivity contribution is 0.282. The monoisotopic (exact) mass is 332 g/mol. The van der Waals surface area contributed by atoms with Gasteiger partial charge in [-0.05, 0) is 48.9 Å². The van der Waals surface area contributed by atoms with E-state index in [1.54, 1.807) is 7.11 Å². The average Bonchev–Trinajstić information content (AvgIpc) is 3.07. The van der Waals surface area contributed by atoms with Gasteiger partial charge in [-0.1, -0.05) is 0 Å². The minimum Gasteiger partial charge on any atom is -0.493 e. The SMILES string of the molecule is COc1ccc(-c2nc([C@@H]3COB(O)C3)ns2)cc1OC1CC1. The third-order valence-electron chi connectivity index (χ3n) is 4.01. The maximum absolute atomic E-state index is 9.46. The first-order valence-corrected chi connectivity index (χ1v) is 8.48. The normalized spacial score (nSPS) is 20.8. The Balaban J connectivity index is 1.58. The van der Waals surface area contributed by atoms with Crippen LogP contribution in [0, 0.1) is 0 Å². The highest BCUT2D eigenvalue weighted by Gasteiger charge is 2.32. The van der Waals surface area contributed by atoms with Gasteiger partial charge in [0.15, 0.2) is 11.5 Å². The van der Waals surface area contributed by atoms with Gasteiger partial charge in [0.25, 0.3) is 0 Å². The zero-order valence-electron chi connectivity index (χ0n) is 12.8. The maximum atomic E-state index is 9.46. The summed E-state index contributed by atoms with van der Waals surface area (Å²) in [5, 5.41) is 10.3. The fourth-order valence-corrected chi connectivity index (χ4v) is 3.31. The van der Waals surface area contributed by atoms with Crippen LogP contribution in [0.3, 0.4) is 0 Å². The smallest absolute Gasteiger partial charge is 0.454 e. The standard InChI is InChI=1S/C15H17BN2O4S/c1-20-12-5-2-9(6-13(12)22-11-3-4-11)15-17-14(18-23-15)10-7-16(19)21-8-10/h2,5-6,10-11,19H,3-4,7-8H2,1H3/t10-/m0/s1. The van der Waals surface area contributed by atoms with Crippen molar-refractivity contribution in [1.29, 1.82) is 0 Å². The van der Waals surface area contributed by atoms with Crippen molar-refractivity contribution in [2.24, 2.45) is 0 Å². The van der Waals surface area contributed by atoms with Gasteiger partial charge in [-0.3, -0.25) is 0 Å². The average molecular weight is 332 g/mol. The fraction of sp³-hybridized carbons (Fsp3) is 0.467. The third-order valence-corrected chi connectivity index (χ3v) is 4.79. The van der Waals surface area contributed by atoms with Crippen LogP contribution in [0.2, 0.25) is 6.32 Å². The van der Waals surface area contributed by atoms with Gasteiger partial charge in [-0.15, -0.1) is 0 Å². The van der Waals surface area contributed by atoms with E-state index in [9.17, 15) is 5.02 Å². The van der Waals surface area contributed by atoms with Crippen molar-refractivity contribution in [3.8, 4) is 22.1 Å². The molecule has 0 radical (unpaired) electrons. The summed E-state index contributed by atoms with van der Waals surface area (Å²) in [5.41, 5.74) is 0.963. The van der Waals surface area contributed by atoms with Crippen LogP contribution in [0.1, 0.15) is 24.6 Å². The number of hydrogen-bond acceptors (Lipinski definition) is 7. The van der Waals surface area contributed by atoms with Crippen LogP contribution in [0.25, 0.3) is 10.6 Å². The molecule has 8 heteroatoms. The van der Waals surface area contributed by atoms with Crippen LogP contribution in [0.15, 0.2) is 18.2 Å². The van der Waals surface area contributed by atoms with Crippen LogP contribution in [-0.2, 0) is 4.65 Å². The van der Waals surface area contributed by atoms with E-state index in [2.05, 4.69) is 9.36 Å². The Hall–Kier alpha value is -1.64. The summed E-state index contributed by atoms with van der Waals surface area (Å²) in [5.74, 6) is 2.29. The maximum Gasteiger partial charge on any atom is 0.454 e. The van der Waals surface area contributed by atoms with E-state index in [-0.39, 0.29) is 5.92 Å². The van der Waals surface area contributed by atoms with E-state index in [1.165, 1.54) is 11.5 Å². The van der Waals surface area contributed by atoms with Crippen molar-refractivity contribution in [3.63, 3.8) is 0 Å². The molecule has 1 aromatic carbocycles. The molecule has 1 saturated heterocycles. The molecule has 1 aromatic heterocycles. The van der Waals surface area contributed by atoms with Crippen molar-refractivity contribution in [2.45, 2.75) is 31.2 Å². The second kappa shape index (κ2) is 6.11. The number of nitrogens with zero attached hydrogens (tertiary/aromatic N) is 2. The van der Waals surface area contributed by atoms with Crippen LogP contribution >= 0.6 is 11.5 Å². The van der Waals surface area contributed by atoms with Crippen LogP contribution < -0.4 is 9.47 Å². The Labute approximate surface area is 138 Å². The van der Waals surface area contributed by atoms with E-state index in [0.717, 1.165) is 40.7 Å². The zero-order chi connectivity index (χ0) is 15.8. The van der Waals surface area contributed by atoms with E-state index >= 15 is 0 Å². The van der Waals surface area contributed by atoms with Gasteiger partial charge < -0.3 is 19.2 Å². The topological polar surface area (TPSA) is 73.7 Å². The molecule has 4 rings (SSSR count).